The molecule has 1 aromatic heterocycles. The van der Waals surface area contributed by atoms with Gasteiger partial charge in [0.25, 0.3) is 0 Å². The van der Waals surface area contributed by atoms with Crippen molar-refractivity contribution in [3.8, 4) is 0 Å². The number of aromatic nitrogens is 2. The lowest BCUT2D eigenvalue weighted by Crippen LogP contribution is -2.47. The number of rotatable bonds is 3. The summed E-state index contributed by atoms with van der Waals surface area (Å²) in [6.45, 7) is 4.72. The van der Waals surface area contributed by atoms with Gasteiger partial charge in [-0.2, -0.15) is 0 Å². The van der Waals surface area contributed by atoms with Crippen molar-refractivity contribution in [2.24, 2.45) is 5.73 Å². The zero-order chi connectivity index (χ0) is 12.3. The molecular formula is C13H22N4. The molecule has 1 aliphatic rings. The van der Waals surface area contributed by atoms with E-state index < -0.39 is 0 Å². The standard InChI is InChI=1S/C13H22N4/c1-10-8-15-11(2)12(17-10)16-9-13(14)6-4-3-5-7-13/h8H,3-7,9,14H2,1-2H3,(H,16,17). The molecule has 4 heteroatoms. The first-order valence-electron chi connectivity index (χ1n) is 6.42. The van der Waals surface area contributed by atoms with Gasteiger partial charge in [0.2, 0.25) is 0 Å². The molecule has 0 atom stereocenters. The van der Waals surface area contributed by atoms with Gasteiger partial charge in [-0.15, -0.1) is 0 Å². The van der Waals surface area contributed by atoms with E-state index in [2.05, 4.69) is 15.3 Å². The Morgan fingerprint density at radius 3 is 2.71 bits per heavy atom. The lowest BCUT2D eigenvalue weighted by Gasteiger charge is -2.33. The zero-order valence-corrected chi connectivity index (χ0v) is 10.8. The number of aryl methyl sites for hydroxylation is 2. The fourth-order valence-corrected chi connectivity index (χ4v) is 2.40. The maximum atomic E-state index is 6.38. The fourth-order valence-electron chi connectivity index (χ4n) is 2.40. The molecule has 0 bridgehead atoms. The molecule has 1 heterocycles. The van der Waals surface area contributed by atoms with E-state index in [-0.39, 0.29) is 5.54 Å². The van der Waals surface area contributed by atoms with Gasteiger partial charge >= 0.3 is 0 Å². The molecular weight excluding hydrogens is 212 g/mol. The van der Waals surface area contributed by atoms with Crippen molar-refractivity contribution in [3.63, 3.8) is 0 Å². The van der Waals surface area contributed by atoms with Crippen LogP contribution < -0.4 is 11.1 Å². The van der Waals surface area contributed by atoms with E-state index in [0.29, 0.717) is 0 Å². The van der Waals surface area contributed by atoms with Crippen LogP contribution >= 0.6 is 0 Å². The van der Waals surface area contributed by atoms with Crippen molar-refractivity contribution >= 4 is 5.82 Å². The van der Waals surface area contributed by atoms with Gasteiger partial charge in [0.15, 0.2) is 0 Å². The Morgan fingerprint density at radius 1 is 1.29 bits per heavy atom. The van der Waals surface area contributed by atoms with E-state index in [0.717, 1.165) is 36.6 Å². The van der Waals surface area contributed by atoms with E-state index in [4.69, 9.17) is 5.73 Å². The second-order valence-corrected chi connectivity index (χ2v) is 5.22. The van der Waals surface area contributed by atoms with Crippen LogP contribution in [0, 0.1) is 13.8 Å². The summed E-state index contributed by atoms with van der Waals surface area (Å²) >= 11 is 0. The normalized spacial score (nSPS) is 19.0. The maximum Gasteiger partial charge on any atom is 0.147 e. The van der Waals surface area contributed by atoms with Crippen molar-refractivity contribution in [2.75, 3.05) is 11.9 Å². The number of nitrogens with two attached hydrogens (primary N) is 1. The van der Waals surface area contributed by atoms with E-state index in [1.807, 2.05) is 13.8 Å². The first-order valence-corrected chi connectivity index (χ1v) is 6.42. The lowest BCUT2D eigenvalue weighted by atomic mass is 9.82. The van der Waals surface area contributed by atoms with Crippen molar-refractivity contribution in [2.45, 2.75) is 51.5 Å². The van der Waals surface area contributed by atoms with Gasteiger partial charge in [0.05, 0.1) is 11.4 Å². The molecule has 0 aliphatic heterocycles. The van der Waals surface area contributed by atoms with Gasteiger partial charge in [-0.25, -0.2) is 4.98 Å². The maximum absolute atomic E-state index is 6.38. The molecule has 1 saturated carbocycles. The summed E-state index contributed by atoms with van der Waals surface area (Å²) in [7, 11) is 0. The summed E-state index contributed by atoms with van der Waals surface area (Å²) in [5, 5.41) is 3.37. The van der Waals surface area contributed by atoms with Crippen molar-refractivity contribution in [3.05, 3.63) is 17.6 Å². The molecule has 0 spiro atoms. The van der Waals surface area contributed by atoms with Crippen LogP contribution in [0.4, 0.5) is 5.82 Å². The molecule has 17 heavy (non-hydrogen) atoms. The van der Waals surface area contributed by atoms with Crippen LogP contribution in [0.3, 0.4) is 0 Å². The van der Waals surface area contributed by atoms with E-state index >= 15 is 0 Å². The number of hydrogen-bond acceptors (Lipinski definition) is 4. The molecule has 1 aromatic rings. The van der Waals surface area contributed by atoms with Gasteiger partial charge in [-0.1, -0.05) is 19.3 Å². The van der Waals surface area contributed by atoms with Gasteiger partial charge < -0.3 is 11.1 Å². The van der Waals surface area contributed by atoms with Crippen LogP contribution in [0.25, 0.3) is 0 Å². The smallest absolute Gasteiger partial charge is 0.147 e. The quantitative estimate of drug-likeness (QED) is 0.841. The van der Waals surface area contributed by atoms with Crippen molar-refractivity contribution in [1.82, 2.24) is 9.97 Å². The first-order chi connectivity index (χ1) is 8.09. The highest BCUT2D eigenvalue weighted by Gasteiger charge is 2.27. The molecule has 3 N–H and O–H groups in total. The molecule has 2 rings (SSSR count). The molecule has 0 amide bonds. The van der Waals surface area contributed by atoms with Crippen LogP contribution in [0.15, 0.2) is 6.20 Å². The summed E-state index contributed by atoms with van der Waals surface area (Å²) in [6, 6.07) is 0. The third kappa shape index (κ3) is 3.16. The van der Waals surface area contributed by atoms with Crippen LogP contribution in [-0.2, 0) is 0 Å². The van der Waals surface area contributed by atoms with E-state index in [1.165, 1.54) is 19.3 Å². The largest absolute Gasteiger partial charge is 0.367 e. The predicted molar refractivity (Wildman–Crippen MR) is 70.0 cm³/mol. The molecule has 0 aromatic carbocycles. The van der Waals surface area contributed by atoms with Gasteiger partial charge in [0.1, 0.15) is 5.82 Å². The van der Waals surface area contributed by atoms with Crippen LogP contribution in [-0.4, -0.2) is 22.1 Å². The topological polar surface area (TPSA) is 63.8 Å². The monoisotopic (exact) mass is 234 g/mol. The fraction of sp³-hybridized carbons (Fsp3) is 0.692. The summed E-state index contributed by atoms with van der Waals surface area (Å²) in [4.78, 5) is 8.76. The van der Waals surface area contributed by atoms with Crippen LogP contribution in [0.1, 0.15) is 43.5 Å². The Balaban J connectivity index is 1.99. The SMILES string of the molecule is Cc1cnc(C)c(NCC2(N)CCCCC2)n1. The minimum atomic E-state index is -0.0594. The molecule has 1 fully saturated rings. The minimum absolute atomic E-state index is 0.0594. The van der Waals surface area contributed by atoms with Crippen molar-refractivity contribution in [1.29, 1.82) is 0 Å². The molecule has 0 saturated heterocycles. The number of nitrogens with one attached hydrogen (secondary N) is 1. The van der Waals surface area contributed by atoms with Crippen LogP contribution in [0.5, 0.6) is 0 Å². The van der Waals surface area contributed by atoms with Gasteiger partial charge in [0, 0.05) is 18.3 Å². The predicted octanol–water partition coefficient (Wildman–Crippen LogP) is 2.17. The zero-order valence-electron chi connectivity index (χ0n) is 10.8. The Hall–Kier alpha value is -1.16. The Bertz CT molecular complexity index is 383. The molecule has 1 aliphatic carbocycles. The molecule has 4 nitrogen and oxygen atoms in total. The van der Waals surface area contributed by atoms with E-state index in [9.17, 15) is 0 Å². The second kappa shape index (κ2) is 5.00. The third-order valence-corrected chi connectivity index (χ3v) is 3.53. The molecule has 0 radical (unpaired) electrons. The lowest BCUT2D eigenvalue weighted by molar-refractivity contribution is 0.311. The summed E-state index contributed by atoms with van der Waals surface area (Å²) in [6.07, 6.45) is 7.82. The van der Waals surface area contributed by atoms with Crippen molar-refractivity contribution < 1.29 is 0 Å². The Labute approximate surface area is 103 Å². The Morgan fingerprint density at radius 2 is 2.00 bits per heavy atom. The highest BCUT2D eigenvalue weighted by molar-refractivity contribution is 5.40. The summed E-state index contributed by atoms with van der Waals surface area (Å²) in [5.41, 5.74) is 8.20. The molecule has 94 valence electrons. The second-order valence-electron chi connectivity index (χ2n) is 5.22. The highest BCUT2D eigenvalue weighted by Crippen LogP contribution is 2.26. The number of anilines is 1. The van der Waals surface area contributed by atoms with Crippen LogP contribution in [0.2, 0.25) is 0 Å². The summed E-state index contributed by atoms with van der Waals surface area (Å²) in [5.74, 6) is 0.875. The first kappa shape index (κ1) is 12.3. The molecule has 0 unspecified atom stereocenters. The van der Waals surface area contributed by atoms with Gasteiger partial charge in [-0.3, -0.25) is 4.98 Å². The minimum Gasteiger partial charge on any atom is -0.367 e. The highest BCUT2D eigenvalue weighted by atomic mass is 15.0. The summed E-state index contributed by atoms with van der Waals surface area (Å²) < 4.78 is 0. The van der Waals surface area contributed by atoms with Gasteiger partial charge in [-0.05, 0) is 26.7 Å². The number of nitrogens with zero attached hydrogens (tertiary/aromatic N) is 2. The average molecular weight is 234 g/mol. The Kier molecular flexibility index (Phi) is 3.62. The third-order valence-electron chi connectivity index (χ3n) is 3.53. The average Bonchev–Trinajstić information content (AvgIpc) is 2.31. The number of hydrogen-bond donors (Lipinski definition) is 2. The van der Waals surface area contributed by atoms with E-state index in [1.54, 1.807) is 6.20 Å².